The maximum absolute atomic E-state index is 13.7. The molecular formula is C23H33N3O4S2. The molecule has 1 saturated heterocycles. The minimum absolute atomic E-state index is 0.0121. The average Bonchev–Trinajstić information content (AvgIpc) is 3.17. The second-order valence-electron chi connectivity index (χ2n) is 8.81. The Labute approximate surface area is 192 Å². The Bertz CT molecular complexity index is 1160. The smallest absolute Gasteiger partial charge is 0.264 e. The summed E-state index contributed by atoms with van der Waals surface area (Å²) in [6.45, 7) is 7.20. The second-order valence-corrected chi connectivity index (χ2v) is 12.8. The van der Waals surface area contributed by atoms with Gasteiger partial charge in [-0.25, -0.2) is 17.4 Å². The Morgan fingerprint density at radius 2 is 1.81 bits per heavy atom. The SMILES string of the molecule is CCc1ccc(N(CC(C)C)S(=O)(=O)c2ccc(N3CC[C@@H](O)C3)c(S(C)(=N)=O)c2)cc1. The molecular weight excluding hydrogens is 446 g/mol. The molecule has 7 nitrogen and oxygen atoms in total. The number of sulfonamides is 1. The molecule has 176 valence electrons. The van der Waals surface area contributed by atoms with E-state index in [0.29, 0.717) is 37.4 Å². The van der Waals surface area contributed by atoms with Crippen molar-refractivity contribution in [3.05, 3.63) is 48.0 Å². The van der Waals surface area contributed by atoms with Crippen LogP contribution in [0.2, 0.25) is 0 Å². The molecule has 1 unspecified atom stereocenters. The van der Waals surface area contributed by atoms with Gasteiger partial charge in [-0.05, 0) is 54.7 Å². The highest BCUT2D eigenvalue weighted by Crippen LogP contribution is 2.33. The van der Waals surface area contributed by atoms with Crippen LogP contribution in [0.25, 0.3) is 0 Å². The standard InChI is InChI=1S/C23H33N3O4S2/c1-5-18-6-8-19(9-7-18)26(15-17(2)3)32(29,30)21-10-11-22(23(14-21)31(4,24)28)25-13-12-20(27)16-25/h6-11,14,17,20,24,27H,5,12-13,15-16H2,1-4H3/t20-,31?/m1/s1. The van der Waals surface area contributed by atoms with E-state index in [2.05, 4.69) is 0 Å². The molecule has 0 spiro atoms. The fourth-order valence-electron chi connectivity index (χ4n) is 3.89. The van der Waals surface area contributed by atoms with Gasteiger partial charge in [0.25, 0.3) is 10.0 Å². The third-order valence-electron chi connectivity index (χ3n) is 5.61. The van der Waals surface area contributed by atoms with Gasteiger partial charge in [0.15, 0.2) is 0 Å². The summed E-state index contributed by atoms with van der Waals surface area (Å²) >= 11 is 0. The number of aryl methyl sites for hydroxylation is 1. The van der Waals surface area contributed by atoms with Crippen molar-refractivity contribution in [3.8, 4) is 0 Å². The number of hydrogen-bond acceptors (Lipinski definition) is 6. The van der Waals surface area contributed by atoms with E-state index in [4.69, 9.17) is 4.78 Å². The molecule has 2 aromatic carbocycles. The number of β-amino-alcohol motifs (C(OH)–C–C–N with tert-alkyl or cyclic N) is 1. The molecule has 0 amide bonds. The van der Waals surface area contributed by atoms with Crippen molar-refractivity contribution >= 4 is 31.1 Å². The summed E-state index contributed by atoms with van der Waals surface area (Å²) in [5.41, 5.74) is 2.24. The number of anilines is 2. The molecule has 0 radical (unpaired) electrons. The van der Waals surface area contributed by atoms with Gasteiger partial charge in [-0.3, -0.25) is 4.31 Å². The van der Waals surface area contributed by atoms with Crippen LogP contribution in [-0.2, 0) is 26.2 Å². The zero-order valence-electron chi connectivity index (χ0n) is 19.1. The first-order chi connectivity index (χ1) is 14.9. The normalized spacial score (nSPS) is 18.7. The molecule has 2 N–H and O–H groups in total. The van der Waals surface area contributed by atoms with E-state index in [0.717, 1.165) is 12.0 Å². The molecule has 3 rings (SSSR count). The van der Waals surface area contributed by atoms with Crippen LogP contribution in [0.3, 0.4) is 0 Å². The first-order valence-corrected chi connectivity index (χ1v) is 14.3. The Kier molecular flexibility index (Phi) is 7.21. The van der Waals surface area contributed by atoms with Crippen molar-refractivity contribution in [2.75, 3.05) is 35.1 Å². The minimum Gasteiger partial charge on any atom is -0.391 e. The maximum atomic E-state index is 13.7. The number of aliphatic hydroxyl groups excluding tert-OH is 1. The van der Waals surface area contributed by atoms with E-state index in [-0.39, 0.29) is 15.7 Å². The van der Waals surface area contributed by atoms with E-state index in [9.17, 15) is 17.7 Å². The van der Waals surface area contributed by atoms with E-state index >= 15 is 0 Å². The highest BCUT2D eigenvalue weighted by molar-refractivity contribution is 7.93. The molecule has 2 aromatic rings. The third kappa shape index (κ3) is 5.27. The quantitative estimate of drug-likeness (QED) is 0.601. The molecule has 0 aromatic heterocycles. The van der Waals surface area contributed by atoms with Crippen LogP contribution in [-0.4, -0.2) is 49.7 Å². The molecule has 0 aliphatic carbocycles. The lowest BCUT2D eigenvalue weighted by Crippen LogP contribution is -2.34. The number of aliphatic hydroxyl groups is 1. The van der Waals surface area contributed by atoms with E-state index in [1.807, 2.05) is 49.9 Å². The van der Waals surface area contributed by atoms with E-state index < -0.39 is 25.9 Å². The van der Waals surface area contributed by atoms with Gasteiger partial charge in [-0.15, -0.1) is 0 Å². The van der Waals surface area contributed by atoms with Gasteiger partial charge in [0.2, 0.25) is 0 Å². The summed E-state index contributed by atoms with van der Waals surface area (Å²) in [6, 6.07) is 12.0. The van der Waals surface area contributed by atoms with Gasteiger partial charge in [0, 0.05) is 25.9 Å². The fraction of sp³-hybridized carbons (Fsp3) is 0.478. The molecule has 2 atom stereocenters. The molecule has 1 heterocycles. The van der Waals surface area contributed by atoms with Crippen molar-refractivity contribution in [1.82, 2.24) is 0 Å². The van der Waals surface area contributed by atoms with Crippen LogP contribution in [0, 0.1) is 10.7 Å². The lowest BCUT2D eigenvalue weighted by molar-refractivity contribution is 0.198. The van der Waals surface area contributed by atoms with Crippen LogP contribution < -0.4 is 9.21 Å². The van der Waals surface area contributed by atoms with Gasteiger partial charge in [-0.1, -0.05) is 32.9 Å². The van der Waals surface area contributed by atoms with Crippen molar-refractivity contribution in [3.63, 3.8) is 0 Å². The van der Waals surface area contributed by atoms with Gasteiger partial charge >= 0.3 is 0 Å². The van der Waals surface area contributed by atoms with Crippen LogP contribution in [0.5, 0.6) is 0 Å². The Morgan fingerprint density at radius 3 is 2.31 bits per heavy atom. The van der Waals surface area contributed by atoms with Crippen LogP contribution in [0.4, 0.5) is 11.4 Å². The minimum atomic E-state index is -3.95. The van der Waals surface area contributed by atoms with E-state index in [1.54, 1.807) is 6.07 Å². The molecule has 32 heavy (non-hydrogen) atoms. The molecule has 0 bridgehead atoms. The highest BCUT2D eigenvalue weighted by Gasteiger charge is 2.30. The first kappa shape index (κ1) is 24.5. The van der Waals surface area contributed by atoms with E-state index in [1.165, 1.54) is 22.7 Å². The first-order valence-electron chi connectivity index (χ1n) is 10.9. The predicted molar refractivity (Wildman–Crippen MR) is 130 cm³/mol. The summed E-state index contributed by atoms with van der Waals surface area (Å²) in [4.78, 5) is 2.06. The fourth-order valence-corrected chi connectivity index (χ4v) is 6.57. The number of nitrogens with zero attached hydrogens (tertiary/aromatic N) is 2. The summed E-state index contributed by atoms with van der Waals surface area (Å²) in [5.74, 6) is 0.0898. The number of hydrogen-bond donors (Lipinski definition) is 2. The maximum Gasteiger partial charge on any atom is 0.264 e. The number of benzene rings is 2. The average molecular weight is 480 g/mol. The Morgan fingerprint density at radius 1 is 1.16 bits per heavy atom. The van der Waals surface area contributed by atoms with Crippen molar-refractivity contribution < 1.29 is 17.7 Å². The molecule has 1 fully saturated rings. The molecule has 1 aliphatic rings. The summed E-state index contributed by atoms with van der Waals surface area (Å²) < 4.78 is 49.8. The predicted octanol–water partition coefficient (Wildman–Crippen LogP) is 3.71. The van der Waals surface area contributed by atoms with Crippen LogP contribution in [0.15, 0.2) is 52.3 Å². The largest absolute Gasteiger partial charge is 0.391 e. The van der Waals surface area contributed by atoms with Crippen molar-refractivity contribution in [2.45, 2.75) is 49.5 Å². The summed E-state index contributed by atoms with van der Waals surface area (Å²) in [5, 5.41) is 9.90. The molecule has 9 heteroatoms. The van der Waals surface area contributed by atoms with Crippen molar-refractivity contribution in [2.24, 2.45) is 5.92 Å². The Hall–Kier alpha value is -2.10. The molecule has 1 aliphatic heterocycles. The topological polar surface area (TPSA) is 102 Å². The lowest BCUT2D eigenvalue weighted by Gasteiger charge is -2.28. The zero-order chi connectivity index (χ0) is 23.7. The summed E-state index contributed by atoms with van der Waals surface area (Å²) in [7, 11) is -7.15. The number of nitrogens with one attached hydrogen (secondary N) is 1. The van der Waals surface area contributed by atoms with Crippen LogP contribution >= 0.6 is 0 Å². The van der Waals surface area contributed by atoms with Crippen molar-refractivity contribution in [1.29, 1.82) is 4.78 Å². The van der Waals surface area contributed by atoms with Gasteiger partial charge in [-0.2, -0.15) is 0 Å². The lowest BCUT2D eigenvalue weighted by atomic mass is 10.1. The monoisotopic (exact) mass is 479 g/mol. The van der Waals surface area contributed by atoms with Gasteiger partial charge in [0.1, 0.15) is 0 Å². The molecule has 0 saturated carbocycles. The second kappa shape index (κ2) is 9.41. The summed E-state index contributed by atoms with van der Waals surface area (Å²) in [6.07, 6.45) is 2.25. The van der Waals surface area contributed by atoms with Gasteiger partial charge in [0.05, 0.1) is 37.0 Å². The Balaban J connectivity index is 2.09. The van der Waals surface area contributed by atoms with Crippen LogP contribution in [0.1, 0.15) is 32.8 Å². The third-order valence-corrected chi connectivity index (χ3v) is 8.56. The number of rotatable bonds is 8. The zero-order valence-corrected chi connectivity index (χ0v) is 20.7. The highest BCUT2D eigenvalue weighted by atomic mass is 32.2. The van der Waals surface area contributed by atoms with Gasteiger partial charge < -0.3 is 10.0 Å².